The average Bonchev–Trinajstić information content (AvgIpc) is 3.06. The number of hydrogen-bond donors (Lipinski definition) is 0. The van der Waals surface area contributed by atoms with E-state index in [4.69, 9.17) is 9.47 Å². The van der Waals surface area contributed by atoms with Gasteiger partial charge in [-0.2, -0.15) is 4.31 Å². The Kier molecular flexibility index (Phi) is 5.47. The number of nitrogens with zero attached hydrogens (tertiary/aromatic N) is 2. The zero-order chi connectivity index (χ0) is 19.6. The predicted molar refractivity (Wildman–Crippen MR) is 92.2 cm³/mol. The zero-order valence-electron chi connectivity index (χ0n) is 14.8. The van der Waals surface area contributed by atoms with Crippen LogP contribution in [0.25, 0.3) is 0 Å². The molecule has 1 aromatic rings. The quantitative estimate of drug-likeness (QED) is 0.660. The molecular formula is C17H20N2O7S. The number of hydrogen-bond acceptors (Lipinski definition) is 7. The van der Waals surface area contributed by atoms with Crippen molar-refractivity contribution in [3.8, 4) is 0 Å². The molecule has 0 aliphatic carbocycles. The van der Waals surface area contributed by atoms with Gasteiger partial charge in [0, 0.05) is 39.5 Å². The van der Waals surface area contributed by atoms with Gasteiger partial charge in [0.1, 0.15) is 0 Å². The minimum atomic E-state index is -3.81. The third-order valence-corrected chi connectivity index (χ3v) is 6.42. The highest BCUT2D eigenvalue weighted by Gasteiger charge is 2.32. The van der Waals surface area contributed by atoms with Gasteiger partial charge in [0.05, 0.1) is 17.1 Å². The number of amides is 1. The van der Waals surface area contributed by atoms with E-state index in [-0.39, 0.29) is 42.5 Å². The highest BCUT2D eigenvalue weighted by atomic mass is 32.2. The highest BCUT2D eigenvalue weighted by Crippen LogP contribution is 2.20. The highest BCUT2D eigenvalue weighted by molar-refractivity contribution is 7.89. The largest absolute Gasteiger partial charge is 0.463 e. The van der Waals surface area contributed by atoms with Crippen LogP contribution < -0.4 is 0 Å². The van der Waals surface area contributed by atoms with Crippen LogP contribution in [0.15, 0.2) is 29.2 Å². The first-order valence-electron chi connectivity index (χ1n) is 8.52. The number of esters is 2. The summed E-state index contributed by atoms with van der Waals surface area (Å²) in [5, 5.41) is 0. The third-order valence-electron chi connectivity index (χ3n) is 4.53. The first kappa shape index (κ1) is 19.3. The molecule has 1 atom stereocenters. The van der Waals surface area contributed by atoms with Gasteiger partial charge >= 0.3 is 11.9 Å². The fraction of sp³-hybridized carbons (Fsp3) is 0.471. The molecule has 2 fully saturated rings. The second-order valence-electron chi connectivity index (χ2n) is 6.29. The van der Waals surface area contributed by atoms with Crippen LogP contribution in [0.4, 0.5) is 0 Å². The van der Waals surface area contributed by atoms with Crippen LogP contribution in [0.5, 0.6) is 0 Å². The van der Waals surface area contributed by atoms with E-state index in [2.05, 4.69) is 0 Å². The first-order chi connectivity index (χ1) is 12.8. The van der Waals surface area contributed by atoms with Gasteiger partial charge in [0.15, 0.2) is 0 Å². The van der Waals surface area contributed by atoms with E-state index >= 15 is 0 Å². The normalized spacial score (nSPS) is 21.0. The van der Waals surface area contributed by atoms with Crippen molar-refractivity contribution in [1.29, 1.82) is 0 Å². The minimum Gasteiger partial charge on any atom is -0.463 e. The van der Waals surface area contributed by atoms with E-state index in [1.165, 1.54) is 35.5 Å². The Labute approximate surface area is 156 Å². The monoisotopic (exact) mass is 396 g/mol. The Morgan fingerprint density at radius 1 is 1.19 bits per heavy atom. The molecule has 3 rings (SSSR count). The van der Waals surface area contributed by atoms with E-state index in [1.54, 1.807) is 4.90 Å². The fourth-order valence-electron chi connectivity index (χ4n) is 2.96. The summed E-state index contributed by atoms with van der Waals surface area (Å²) in [4.78, 5) is 36.6. The topological polar surface area (TPSA) is 110 Å². The van der Waals surface area contributed by atoms with Gasteiger partial charge in [-0.1, -0.05) is 6.07 Å². The summed E-state index contributed by atoms with van der Waals surface area (Å²) < 4.78 is 36.8. The summed E-state index contributed by atoms with van der Waals surface area (Å²) in [6, 6.07) is 5.50. The Morgan fingerprint density at radius 3 is 2.48 bits per heavy atom. The summed E-state index contributed by atoms with van der Waals surface area (Å²) in [6.45, 7) is 2.64. The molecular weight excluding hydrogens is 376 g/mol. The lowest BCUT2D eigenvalue weighted by Crippen LogP contribution is -2.49. The molecule has 0 bridgehead atoms. The van der Waals surface area contributed by atoms with Gasteiger partial charge in [-0.3, -0.25) is 4.79 Å². The second-order valence-corrected chi connectivity index (χ2v) is 8.23. The lowest BCUT2D eigenvalue weighted by molar-refractivity contribution is -0.145. The molecule has 0 radical (unpaired) electrons. The van der Waals surface area contributed by atoms with Crippen molar-refractivity contribution < 1.29 is 32.3 Å². The molecule has 27 heavy (non-hydrogen) atoms. The molecule has 146 valence electrons. The molecule has 2 aliphatic rings. The van der Waals surface area contributed by atoms with Crippen LogP contribution in [0.2, 0.25) is 0 Å². The molecule has 0 N–H and O–H groups in total. The van der Waals surface area contributed by atoms with Gasteiger partial charge in [-0.25, -0.2) is 18.0 Å². The van der Waals surface area contributed by atoms with Crippen molar-refractivity contribution in [2.24, 2.45) is 0 Å². The average molecular weight is 396 g/mol. The number of piperazine rings is 1. The van der Waals surface area contributed by atoms with E-state index in [1.807, 2.05) is 0 Å². The zero-order valence-corrected chi connectivity index (χ0v) is 15.6. The van der Waals surface area contributed by atoms with E-state index < -0.39 is 28.1 Å². The van der Waals surface area contributed by atoms with Gasteiger partial charge in [-0.05, 0) is 18.2 Å². The molecule has 10 heteroatoms. The summed E-state index contributed by atoms with van der Waals surface area (Å²) >= 11 is 0. The predicted octanol–water partition coefficient (Wildman–Crippen LogP) is 0.0117. The maximum atomic E-state index is 12.8. The Bertz CT molecular complexity index is 860. The number of carbonyl (C=O) groups excluding carboxylic acids is 3. The number of rotatable bonds is 4. The van der Waals surface area contributed by atoms with Crippen LogP contribution in [-0.2, 0) is 29.1 Å². The van der Waals surface area contributed by atoms with Gasteiger partial charge < -0.3 is 14.4 Å². The molecule has 2 heterocycles. The lowest BCUT2D eigenvalue weighted by Gasteiger charge is -2.33. The molecule has 1 aromatic carbocycles. The minimum absolute atomic E-state index is 0.0396. The van der Waals surface area contributed by atoms with Crippen LogP contribution >= 0.6 is 0 Å². The van der Waals surface area contributed by atoms with Gasteiger partial charge in [-0.15, -0.1) is 0 Å². The van der Waals surface area contributed by atoms with Gasteiger partial charge in [0.2, 0.25) is 22.0 Å². The Morgan fingerprint density at radius 2 is 1.89 bits per heavy atom. The molecule has 0 aromatic heterocycles. The van der Waals surface area contributed by atoms with Crippen molar-refractivity contribution in [1.82, 2.24) is 9.21 Å². The number of ether oxygens (including phenoxy) is 2. The van der Waals surface area contributed by atoms with E-state index in [0.717, 1.165) is 0 Å². The van der Waals surface area contributed by atoms with Gasteiger partial charge in [0.25, 0.3) is 0 Å². The summed E-state index contributed by atoms with van der Waals surface area (Å²) in [5.74, 6) is -1.48. The van der Waals surface area contributed by atoms with Crippen molar-refractivity contribution in [3.05, 3.63) is 29.8 Å². The maximum Gasteiger partial charge on any atom is 0.347 e. The van der Waals surface area contributed by atoms with Crippen molar-refractivity contribution in [3.63, 3.8) is 0 Å². The van der Waals surface area contributed by atoms with Crippen LogP contribution in [0.1, 0.15) is 23.7 Å². The molecule has 0 saturated carbocycles. The number of benzene rings is 1. The molecule has 9 nitrogen and oxygen atoms in total. The van der Waals surface area contributed by atoms with Crippen molar-refractivity contribution in [2.75, 3.05) is 32.8 Å². The van der Waals surface area contributed by atoms with Crippen molar-refractivity contribution >= 4 is 27.9 Å². The molecule has 1 unspecified atom stereocenters. The van der Waals surface area contributed by atoms with Crippen LogP contribution in [0.3, 0.4) is 0 Å². The number of cyclic esters (lactones) is 1. The maximum absolute atomic E-state index is 12.8. The molecule has 2 aliphatic heterocycles. The summed E-state index contributed by atoms with van der Waals surface area (Å²) in [6.07, 6.45) is -0.680. The molecule has 2 saturated heterocycles. The standard InChI is InChI=1S/C17H20N2O7S/c1-12(20)18-6-8-19(9-7-18)27(23,24)14-4-2-3-13(11-14)16(21)26-15-5-10-25-17(15)22/h2-4,11,15H,5-10H2,1H3. The van der Waals surface area contributed by atoms with Crippen molar-refractivity contribution in [2.45, 2.75) is 24.3 Å². The summed E-state index contributed by atoms with van der Waals surface area (Å²) in [7, 11) is -3.81. The SMILES string of the molecule is CC(=O)N1CCN(S(=O)(=O)c2cccc(C(=O)OC3CCOC3=O)c2)CC1. The number of carbonyl (C=O) groups is 3. The number of sulfonamides is 1. The van der Waals surface area contributed by atoms with Crippen LogP contribution in [-0.4, -0.2) is 74.4 Å². The Balaban J connectivity index is 1.73. The Hall–Kier alpha value is -2.46. The first-order valence-corrected chi connectivity index (χ1v) is 9.96. The smallest absolute Gasteiger partial charge is 0.347 e. The molecule has 1 amide bonds. The second kappa shape index (κ2) is 7.65. The fourth-order valence-corrected chi connectivity index (χ4v) is 4.43. The van der Waals surface area contributed by atoms with E-state index in [9.17, 15) is 22.8 Å². The molecule has 0 spiro atoms. The lowest BCUT2D eigenvalue weighted by atomic mass is 10.2. The third kappa shape index (κ3) is 4.11. The summed E-state index contributed by atoms with van der Waals surface area (Å²) in [5.41, 5.74) is 0.0400. The van der Waals surface area contributed by atoms with Crippen LogP contribution in [0, 0.1) is 0 Å². The van der Waals surface area contributed by atoms with E-state index in [0.29, 0.717) is 13.1 Å².